The number of hydrogen-bond donors (Lipinski definition) is 0. The molecule has 1 aliphatic heterocycles. The fourth-order valence-electron chi connectivity index (χ4n) is 2.57. The topological polar surface area (TPSA) is 38.8 Å². The molecule has 4 nitrogen and oxygen atoms in total. The molecule has 1 heterocycles. The Morgan fingerprint density at radius 3 is 2.67 bits per heavy atom. The molecule has 1 unspecified atom stereocenters. The van der Waals surface area contributed by atoms with E-state index in [4.69, 9.17) is 21.1 Å². The molecule has 1 saturated heterocycles. The van der Waals surface area contributed by atoms with Crippen molar-refractivity contribution in [3.63, 3.8) is 0 Å². The summed E-state index contributed by atoms with van der Waals surface area (Å²) in [6.45, 7) is 7.59. The van der Waals surface area contributed by atoms with Crippen LogP contribution in [0.4, 0.5) is 0 Å². The van der Waals surface area contributed by atoms with Crippen molar-refractivity contribution >= 4 is 17.5 Å². The van der Waals surface area contributed by atoms with Gasteiger partial charge in [-0.15, -0.1) is 11.6 Å². The molecule has 2 rings (SSSR count). The molecule has 116 valence electrons. The Morgan fingerprint density at radius 1 is 1.43 bits per heavy atom. The first-order valence-corrected chi connectivity index (χ1v) is 7.74. The fraction of sp³-hybridized carbons (Fsp3) is 0.562. The molecule has 1 fully saturated rings. The van der Waals surface area contributed by atoms with Crippen LogP contribution in [0.25, 0.3) is 0 Å². The lowest BCUT2D eigenvalue weighted by Crippen LogP contribution is -2.55. The van der Waals surface area contributed by atoms with Gasteiger partial charge in [-0.25, -0.2) is 0 Å². The van der Waals surface area contributed by atoms with Gasteiger partial charge in [-0.2, -0.15) is 0 Å². The zero-order valence-corrected chi connectivity index (χ0v) is 13.5. The van der Waals surface area contributed by atoms with Crippen molar-refractivity contribution in [3.8, 4) is 5.75 Å². The quantitative estimate of drug-likeness (QED) is 0.803. The number of alkyl halides is 1. The van der Waals surface area contributed by atoms with E-state index in [0.717, 1.165) is 5.75 Å². The van der Waals surface area contributed by atoms with E-state index in [0.29, 0.717) is 31.1 Å². The number of halogens is 1. The van der Waals surface area contributed by atoms with Gasteiger partial charge in [0.05, 0.1) is 24.2 Å². The van der Waals surface area contributed by atoms with Crippen molar-refractivity contribution in [3.05, 3.63) is 29.8 Å². The number of amides is 1. The smallest absolute Gasteiger partial charge is 0.254 e. The molecule has 0 radical (unpaired) electrons. The van der Waals surface area contributed by atoms with Gasteiger partial charge in [0.2, 0.25) is 0 Å². The summed E-state index contributed by atoms with van der Waals surface area (Å²) in [5.74, 6) is 1.16. The van der Waals surface area contributed by atoms with Crippen LogP contribution in [0.3, 0.4) is 0 Å². The summed E-state index contributed by atoms with van der Waals surface area (Å²) < 4.78 is 11.2. The van der Waals surface area contributed by atoms with Crippen LogP contribution in [0, 0.1) is 0 Å². The highest BCUT2D eigenvalue weighted by Gasteiger charge is 2.35. The van der Waals surface area contributed by atoms with Crippen molar-refractivity contribution in [2.45, 2.75) is 32.5 Å². The van der Waals surface area contributed by atoms with Crippen molar-refractivity contribution < 1.29 is 14.3 Å². The molecule has 0 bridgehead atoms. The van der Waals surface area contributed by atoms with Crippen LogP contribution in [-0.2, 0) is 4.74 Å². The van der Waals surface area contributed by atoms with Gasteiger partial charge in [0.25, 0.3) is 5.91 Å². The minimum Gasteiger partial charge on any atom is -0.494 e. The SMILES string of the molecule is CCOc1ccc(C(=O)N2CC(CCl)OC(C)(C)C2)cc1. The number of carbonyl (C=O) groups excluding carboxylic acids is 1. The lowest BCUT2D eigenvalue weighted by molar-refractivity contribution is -0.117. The molecule has 0 N–H and O–H groups in total. The first kappa shape index (κ1) is 16.1. The Kier molecular flexibility index (Phi) is 5.12. The lowest BCUT2D eigenvalue weighted by Gasteiger charge is -2.42. The number of nitrogens with zero attached hydrogens (tertiary/aromatic N) is 1. The molecule has 0 spiro atoms. The Labute approximate surface area is 131 Å². The predicted molar refractivity (Wildman–Crippen MR) is 83.2 cm³/mol. The molecule has 21 heavy (non-hydrogen) atoms. The van der Waals surface area contributed by atoms with Crippen LogP contribution in [0.5, 0.6) is 5.75 Å². The van der Waals surface area contributed by atoms with Gasteiger partial charge in [0.1, 0.15) is 5.75 Å². The maximum Gasteiger partial charge on any atom is 0.254 e. The molecule has 1 amide bonds. The summed E-state index contributed by atoms with van der Waals surface area (Å²) in [5.41, 5.74) is 0.281. The lowest BCUT2D eigenvalue weighted by atomic mass is 10.0. The molecule has 1 aromatic rings. The number of carbonyl (C=O) groups is 1. The predicted octanol–water partition coefficient (Wildman–Crippen LogP) is 2.94. The maximum atomic E-state index is 12.6. The van der Waals surface area contributed by atoms with Gasteiger partial charge in [-0.05, 0) is 45.0 Å². The zero-order chi connectivity index (χ0) is 15.5. The largest absolute Gasteiger partial charge is 0.494 e. The van der Waals surface area contributed by atoms with E-state index in [-0.39, 0.29) is 17.6 Å². The van der Waals surface area contributed by atoms with Gasteiger partial charge in [0, 0.05) is 18.7 Å². The Balaban J connectivity index is 2.11. The number of benzene rings is 1. The van der Waals surface area contributed by atoms with Gasteiger partial charge >= 0.3 is 0 Å². The molecule has 0 aliphatic carbocycles. The third-order valence-electron chi connectivity index (χ3n) is 3.35. The molecule has 1 atom stereocenters. The first-order chi connectivity index (χ1) is 9.95. The van der Waals surface area contributed by atoms with E-state index in [9.17, 15) is 4.79 Å². The van der Waals surface area contributed by atoms with Crippen molar-refractivity contribution in [2.75, 3.05) is 25.6 Å². The fourth-order valence-corrected chi connectivity index (χ4v) is 2.73. The highest BCUT2D eigenvalue weighted by Crippen LogP contribution is 2.23. The molecule has 0 saturated carbocycles. The second kappa shape index (κ2) is 6.67. The number of rotatable bonds is 4. The van der Waals surface area contributed by atoms with E-state index < -0.39 is 0 Å². The van der Waals surface area contributed by atoms with E-state index in [1.54, 1.807) is 12.1 Å². The highest BCUT2D eigenvalue weighted by molar-refractivity contribution is 6.18. The number of hydrogen-bond acceptors (Lipinski definition) is 3. The highest BCUT2D eigenvalue weighted by atomic mass is 35.5. The average molecular weight is 312 g/mol. The minimum absolute atomic E-state index is 0.00420. The second-order valence-corrected chi connectivity index (χ2v) is 6.11. The monoisotopic (exact) mass is 311 g/mol. The second-order valence-electron chi connectivity index (χ2n) is 5.80. The van der Waals surface area contributed by atoms with Crippen LogP contribution < -0.4 is 4.74 Å². The third-order valence-corrected chi connectivity index (χ3v) is 3.70. The standard InChI is InChI=1S/C16H22ClNO3/c1-4-20-13-7-5-12(6-8-13)15(19)18-10-14(9-17)21-16(2,3)11-18/h5-8,14H,4,9-11H2,1-3H3. The summed E-state index contributed by atoms with van der Waals surface area (Å²) in [6, 6.07) is 7.24. The number of ether oxygens (including phenoxy) is 2. The summed E-state index contributed by atoms with van der Waals surface area (Å²) in [5, 5.41) is 0. The summed E-state index contributed by atoms with van der Waals surface area (Å²) in [4.78, 5) is 14.4. The molecular formula is C16H22ClNO3. The van der Waals surface area contributed by atoms with Crippen LogP contribution in [0.2, 0.25) is 0 Å². The molecular weight excluding hydrogens is 290 g/mol. The molecule has 5 heteroatoms. The average Bonchev–Trinajstić information content (AvgIpc) is 2.46. The van der Waals surface area contributed by atoms with E-state index in [1.807, 2.05) is 37.8 Å². The van der Waals surface area contributed by atoms with E-state index in [2.05, 4.69) is 0 Å². The van der Waals surface area contributed by atoms with E-state index in [1.165, 1.54) is 0 Å². The summed E-state index contributed by atoms with van der Waals surface area (Å²) in [7, 11) is 0. The zero-order valence-electron chi connectivity index (χ0n) is 12.8. The van der Waals surface area contributed by atoms with Gasteiger partial charge in [-0.3, -0.25) is 4.79 Å². The molecule has 0 aromatic heterocycles. The van der Waals surface area contributed by atoms with Crippen LogP contribution in [0.1, 0.15) is 31.1 Å². The van der Waals surface area contributed by atoms with Crippen molar-refractivity contribution in [1.29, 1.82) is 0 Å². The maximum absolute atomic E-state index is 12.6. The first-order valence-electron chi connectivity index (χ1n) is 7.21. The normalized spacial score (nSPS) is 21.1. The number of morpholine rings is 1. The van der Waals surface area contributed by atoms with E-state index >= 15 is 0 Å². The Bertz CT molecular complexity index is 487. The van der Waals surface area contributed by atoms with Crippen LogP contribution in [-0.4, -0.2) is 48.1 Å². The Morgan fingerprint density at radius 2 is 2.10 bits per heavy atom. The van der Waals surface area contributed by atoms with Crippen LogP contribution >= 0.6 is 11.6 Å². The summed E-state index contributed by atoms with van der Waals surface area (Å²) >= 11 is 5.90. The van der Waals surface area contributed by atoms with Gasteiger partial charge in [0.15, 0.2) is 0 Å². The van der Waals surface area contributed by atoms with Crippen molar-refractivity contribution in [2.24, 2.45) is 0 Å². The molecule has 1 aromatic carbocycles. The van der Waals surface area contributed by atoms with Crippen LogP contribution in [0.15, 0.2) is 24.3 Å². The van der Waals surface area contributed by atoms with Gasteiger partial charge in [-0.1, -0.05) is 0 Å². The third kappa shape index (κ3) is 4.11. The van der Waals surface area contributed by atoms with Crippen molar-refractivity contribution in [1.82, 2.24) is 4.90 Å². The van der Waals surface area contributed by atoms with Gasteiger partial charge < -0.3 is 14.4 Å². The Hall–Kier alpha value is -1.26. The minimum atomic E-state index is -0.376. The summed E-state index contributed by atoms with van der Waals surface area (Å²) in [6.07, 6.45) is -0.123. The molecule has 1 aliphatic rings.